The number of benzene rings is 1. The fourth-order valence-electron chi connectivity index (χ4n) is 2.72. The number of sulfonamides is 1. The second kappa shape index (κ2) is 6.42. The Balaban J connectivity index is 2.41. The van der Waals surface area contributed by atoms with Gasteiger partial charge in [-0.3, -0.25) is 10.1 Å². The number of nitrogens with two attached hydrogens (primary N) is 1. The van der Waals surface area contributed by atoms with Crippen molar-refractivity contribution in [3.63, 3.8) is 0 Å². The highest BCUT2D eigenvalue weighted by Gasteiger charge is 2.31. The molecule has 2 atom stereocenters. The predicted octanol–water partition coefficient (Wildman–Crippen LogP) is 1.02. The maximum atomic E-state index is 12.2. The third kappa shape index (κ3) is 3.46. The average Bonchev–Trinajstić information content (AvgIpc) is 2.96. The monoisotopic (exact) mass is 342 g/mol. The van der Waals surface area contributed by atoms with Crippen LogP contribution in [-0.4, -0.2) is 50.9 Å². The predicted molar refractivity (Wildman–Crippen MR) is 87.9 cm³/mol. The van der Waals surface area contributed by atoms with Gasteiger partial charge in [-0.25, -0.2) is 12.7 Å². The Morgan fingerprint density at radius 1 is 1.43 bits per heavy atom. The topological polar surface area (TPSA) is 110 Å². The van der Waals surface area contributed by atoms with Gasteiger partial charge in [0, 0.05) is 39.3 Å². The van der Waals surface area contributed by atoms with Crippen LogP contribution in [0.2, 0.25) is 0 Å². The van der Waals surface area contributed by atoms with Crippen molar-refractivity contribution in [2.24, 2.45) is 11.7 Å². The molecule has 8 nitrogen and oxygen atoms in total. The molecule has 1 heterocycles. The van der Waals surface area contributed by atoms with Crippen LogP contribution >= 0.6 is 0 Å². The van der Waals surface area contributed by atoms with E-state index in [4.69, 9.17) is 5.73 Å². The Labute approximate surface area is 136 Å². The number of nitrogens with zero attached hydrogens (tertiary/aromatic N) is 3. The summed E-state index contributed by atoms with van der Waals surface area (Å²) >= 11 is 0. The number of nitro benzene ring substituents is 1. The van der Waals surface area contributed by atoms with Crippen molar-refractivity contribution in [1.82, 2.24) is 4.31 Å². The highest BCUT2D eigenvalue weighted by atomic mass is 32.2. The molecule has 1 aromatic carbocycles. The molecule has 9 heteroatoms. The molecule has 2 N–H and O–H groups in total. The summed E-state index contributed by atoms with van der Waals surface area (Å²) in [5, 5.41) is 11.4. The minimum Gasteiger partial charge on any atom is -0.366 e. The van der Waals surface area contributed by atoms with Crippen LogP contribution in [0.15, 0.2) is 23.1 Å². The third-order valence-electron chi connectivity index (χ3n) is 4.23. The number of hydrogen-bond donors (Lipinski definition) is 1. The van der Waals surface area contributed by atoms with Crippen LogP contribution in [0.4, 0.5) is 11.4 Å². The summed E-state index contributed by atoms with van der Waals surface area (Å²) in [7, 11) is -0.924. The zero-order valence-corrected chi connectivity index (χ0v) is 14.3. The number of nitro groups is 1. The van der Waals surface area contributed by atoms with E-state index in [0.29, 0.717) is 18.8 Å². The molecule has 23 heavy (non-hydrogen) atoms. The highest BCUT2D eigenvalue weighted by Crippen LogP contribution is 2.35. The largest absolute Gasteiger partial charge is 0.366 e. The van der Waals surface area contributed by atoms with E-state index < -0.39 is 14.9 Å². The Morgan fingerprint density at radius 3 is 2.57 bits per heavy atom. The first-order valence-corrected chi connectivity index (χ1v) is 8.80. The first kappa shape index (κ1) is 17.6. The number of hydrogen-bond acceptors (Lipinski definition) is 6. The van der Waals surface area contributed by atoms with Crippen molar-refractivity contribution in [3.05, 3.63) is 28.3 Å². The first-order chi connectivity index (χ1) is 10.6. The fourth-order valence-corrected chi connectivity index (χ4v) is 3.65. The molecular weight excluding hydrogens is 320 g/mol. The standard InChI is InChI=1S/C14H22N4O4S/c1-10(15)11-6-7-17(9-11)13-5-4-12(8-14(13)18(19)20)23(21,22)16(2)3/h4-5,8,10-11H,6-7,9,15H2,1-3H3. The van der Waals surface area contributed by atoms with Gasteiger partial charge in [0.05, 0.1) is 9.82 Å². The zero-order valence-electron chi connectivity index (χ0n) is 13.5. The van der Waals surface area contributed by atoms with Crippen LogP contribution in [-0.2, 0) is 10.0 Å². The van der Waals surface area contributed by atoms with Gasteiger partial charge in [-0.2, -0.15) is 0 Å². The lowest BCUT2D eigenvalue weighted by atomic mass is 10.0. The van der Waals surface area contributed by atoms with Crippen LogP contribution in [0.5, 0.6) is 0 Å². The molecular formula is C14H22N4O4S. The van der Waals surface area contributed by atoms with Crippen molar-refractivity contribution in [1.29, 1.82) is 0 Å². The van der Waals surface area contributed by atoms with Gasteiger partial charge in [-0.15, -0.1) is 0 Å². The fraction of sp³-hybridized carbons (Fsp3) is 0.571. The van der Waals surface area contributed by atoms with E-state index in [-0.39, 0.29) is 22.5 Å². The SMILES string of the molecule is CC(N)C1CCN(c2ccc(S(=O)(=O)N(C)C)cc2[N+](=O)[O-])C1. The molecule has 2 unspecified atom stereocenters. The Morgan fingerprint density at radius 2 is 2.09 bits per heavy atom. The molecule has 0 amide bonds. The van der Waals surface area contributed by atoms with Gasteiger partial charge < -0.3 is 10.6 Å². The Hall–Kier alpha value is -1.71. The van der Waals surface area contributed by atoms with Gasteiger partial charge in [0.1, 0.15) is 5.69 Å². The zero-order chi connectivity index (χ0) is 17.4. The average molecular weight is 342 g/mol. The molecule has 0 radical (unpaired) electrons. The van der Waals surface area contributed by atoms with Gasteiger partial charge in [-0.05, 0) is 31.4 Å². The molecule has 128 valence electrons. The normalized spacial score (nSPS) is 20.0. The van der Waals surface area contributed by atoms with E-state index in [1.54, 1.807) is 0 Å². The molecule has 0 bridgehead atoms. The van der Waals surface area contributed by atoms with E-state index in [1.807, 2.05) is 11.8 Å². The van der Waals surface area contributed by atoms with Crippen molar-refractivity contribution < 1.29 is 13.3 Å². The van der Waals surface area contributed by atoms with Crippen LogP contribution in [0, 0.1) is 16.0 Å². The summed E-state index contributed by atoms with van der Waals surface area (Å²) in [5.74, 6) is 0.278. The van der Waals surface area contributed by atoms with Gasteiger partial charge >= 0.3 is 0 Å². The van der Waals surface area contributed by atoms with E-state index in [9.17, 15) is 18.5 Å². The van der Waals surface area contributed by atoms with Gasteiger partial charge in [-0.1, -0.05) is 0 Å². The highest BCUT2D eigenvalue weighted by molar-refractivity contribution is 7.89. The summed E-state index contributed by atoms with van der Waals surface area (Å²) in [6.07, 6.45) is 0.868. The summed E-state index contributed by atoms with van der Waals surface area (Å²) < 4.78 is 25.3. The first-order valence-electron chi connectivity index (χ1n) is 7.36. The summed E-state index contributed by atoms with van der Waals surface area (Å²) in [6.45, 7) is 3.24. The molecule has 1 fully saturated rings. The molecule has 1 aromatic rings. The van der Waals surface area contributed by atoms with E-state index in [2.05, 4.69) is 0 Å². The van der Waals surface area contributed by atoms with E-state index in [1.165, 1.54) is 26.2 Å². The van der Waals surface area contributed by atoms with Crippen LogP contribution in [0.1, 0.15) is 13.3 Å². The van der Waals surface area contributed by atoms with Crippen LogP contribution in [0.3, 0.4) is 0 Å². The molecule has 1 aliphatic heterocycles. The van der Waals surface area contributed by atoms with E-state index in [0.717, 1.165) is 16.8 Å². The Bertz CT molecular complexity index is 703. The smallest absolute Gasteiger partial charge is 0.293 e. The summed E-state index contributed by atoms with van der Waals surface area (Å²) in [5.41, 5.74) is 6.15. The lowest BCUT2D eigenvalue weighted by molar-refractivity contribution is -0.384. The van der Waals surface area contributed by atoms with Gasteiger partial charge in [0.2, 0.25) is 10.0 Å². The van der Waals surface area contributed by atoms with Gasteiger partial charge in [0.25, 0.3) is 5.69 Å². The van der Waals surface area contributed by atoms with Crippen molar-refractivity contribution >= 4 is 21.4 Å². The molecule has 1 saturated heterocycles. The molecule has 2 rings (SSSR count). The summed E-state index contributed by atoms with van der Waals surface area (Å²) in [4.78, 5) is 12.7. The van der Waals surface area contributed by atoms with Crippen molar-refractivity contribution in [2.75, 3.05) is 32.1 Å². The van der Waals surface area contributed by atoms with Crippen LogP contribution in [0.25, 0.3) is 0 Å². The maximum Gasteiger partial charge on any atom is 0.293 e. The number of anilines is 1. The maximum absolute atomic E-state index is 12.2. The third-order valence-corrected chi connectivity index (χ3v) is 6.04. The van der Waals surface area contributed by atoms with Crippen LogP contribution < -0.4 is 10.6 Å². The minimum atomic E-state index is -3.71. The second-order valence-corrected chi connectivity index (χ2v) is 8.20. The molecule has 0 aromatic heterocycles. The van der Waals surface area contributed by atoms with Crippen molar-refractivity contribution in [3.8, 4) is 0 Å². The molecule has 0 aliphatic carbocycles. The number of rotatable bonds is 5. The minimum absolute atomic E-state index is 0.0208. The molecule has 0 spiro atoms. The van der Waals surface area contributed by atoms with E-state index >= 15 is 0 Å². The van der Waals surface area contributed by atoms with Crippen molar-refractivity contribution in [2.45, 2.75) is 24.3 Å². The van der Waals surface area contributed by atoms with Gasteiger partial charge in [0.15, 0.2) is 0 Å². The lowest BCUT2D eigenvalue weighted by Crippen LogP contribution is -2.30. The summed E-state index contributed by atoms with van der Waals surface area (Å²) in [6, 6.07) is 4.08. The quantitative estimate of drug-likeness (QED) is 0.632. The second-order valence-electron chi connectivity index (χ2n) is 6.05. The lowest BCUT2D eigenvalue weighted by Gasteiger charge is -2.20. The molecule has 1 aliphatic rings. The Kier molecular flexibility index (Phi) is 4.92. The molecule has 0 saturated carbocycles.